The zero-order chi connectivity index (χ0) is 25.8. The molecule has 0 saturated heterocycles. The lowest BCUT2D eigenvalue weighted by Gasteiger charge is -2.34. The van der Waals surface area contributed by atoms with Crippen molar-refractivity contribution < 1.29 is 20.4 Å². The molecule has 0 unspecified atom stereocenters. The first-order chi connectivity index (χ1) is 18.1. The summed E-state index contributed by atoms with van der Waals surface area (Å²) in [4.78, 5) is 0. The maximum absolute atomic E-state index is 11.1. The lowest BCUT2D eigenvalue weighted by molar-refractivity contribution is 0.273. The Labute approximate surface area is 222 Å². The topological polar surface area (TPSA) is 80.9 Å². The molecular weight excluding hydrogens is 460 g/mol. The third-order valence-electron chi connectivity index (χ3n) is 9.75. The van der Waals surface area contributed by atoms with Crippen LogP contribution in [0.25, 0.3) is 0 Å². The molecule has 0 radical (unpaired) electrons. The molecule has 0 aromatic heterocycles. The summed E-state index contributed by atoms with van der Waals surface area (Å²) in [7, 11) is 0. The van der Waals surface area contributed by atoms with Gasteiger partial charge >= 0.3 is 0 Å². The number of aliphatic hydroxyl groups excluding tert-OH is 2. The van der Waals surface area contributed by atoms with Crippen molar-refractivity contribution in [2.75, 3.05) is 0 Å². The molecule has 3 fully saturated rings. The molecule has 3 aliphatic carbocycles. The fourth-order valence-corrected chi connectivity index (χ4v) is 7.74. The molecule has 37 heavy (non-hydrogen) atoms. The molecule has 2 aromatic carbocycles. The van der Waals surface area contributed by atoms with Gasteiger partial charge in [0.05, 0.1) is 13.2 Å². The van der Waals surface area contributed by atoms with Crippen molar-refractivity contribution in [3.8, 4) is 11.5 Å². The highest BCUT2D eigenvalue weighted by Gasteiger charge is 2.31. The summed E-state index contributed by atoms with van der Waals surface area (Å²) in [5.41, 5.74) is 5.64. The van der Waals surface area contributed by atoms with Crippen LogP contribution in [0.15, 0.2) is 24.3 Å². The molecule has 4 N–H and O–H groups in total. The van der Waals surface area contributed by atoms with E-state index in [-0.39, 0.29) is 30.6 Å². The van der Waals surface area contributed by atoms with Gasteiger partial charge in [-0.05, 0) is 90.7 Å². The molecule has 5 rings (SSSR count). The number of phenols is 2. The Kier molecular flexibility index (Phi) is 8.77. The van der Waals surface area contributed by atoms with E-state index >= 15 is 0 Å². The standard InChI is InChI=1S/C33H46O4/c34-20-27-16-25(18-29(32(27)36)22-10-4-1-5-11-22)31(24-14-8-3-9-15-24)26-17-28(21-35)33(37)30(19-26)23-12-6-2-7-13-23/h16-19,22-24,31,34-37H,1-15,20-21H2. The Morgan fingerprint density at radius 1 is 0.541 bits per heavy atom. The third-order valence-corrected chi connectivity index (χ3v) is 9.75. The van der Waals surface area contributed by atoms with Crippen molar-refractivity contribution in [1.29, 1.82) is 0 Å². The molecule has 3 saturated carbocycles. The van der Waals surface area contributed by atoms with Gasteiger partial charge in [-0.25, -0.2) is 0 Å². The van der Waals surface area contributed by atoms with Crippen LogP contribution in [0.3, 0.4) is 0 Å². The summed E-state index contributed by atoms with van der Waals surface area (Å²) in [5, 5.41) is 42.7. The molecule has 0 aliphatic heterocycles. The highest BCUT2D eigenvalue weighted by molar-refractivity contribution is 5.52. The lowest BCUT2D eigenvalue weighted by Crippen LogP contribution is -2.19. The van der Waals surface area contributed by atoms with E-state index in [4.69, 9.17) is 0 Å². The van der Waals surface area contributed by atoms with E-state index in [0.29, 0.717) is 28.9 Å². The molecular formula is C33H46O4. The van der Waals surface area contributed by atoms with Crippen molar-refractivity contribution in [2.24, 2.45) is 5.92 Å². The SMILES string of the molecule is OCc1cc(C(c2cc(CO)c(O)c(C3CCCCC3)c2)C2CCCCC2)cc(C2CCCCC2)c1O. The van der Waals surface area contributed by atoms with Gasteiger partial charge in [-0.1, -0.05) is 69.9 Å². The molecule has 0 spiro atoms. The Morgan fingerprint density at radius 2 is 0.919 bits per heavy atom. The Hall–Kier alpha value is -2.04. The van der Waals surface area contributed by atoms with E-state index in [2.05, 4.69) is 12.1 Å². The number of hydrogen-bond donors (Lipinski definition) is 4. The Bertz CT molecular complexity index is 967. The second kappa shape index (κ2) is 12.2. The van der Waals surface area contributed by atoms with Gasteiger partial charge in [-0.3, -0.25) is 0 Å². The van der Waals surface area contributed by atoms with E-state index in [9.17, 15) is 20.4 Å². The number of aromatic hydroxyl groups is 2. The highest BCUT2D eigenvalue weighted by atomic mass is 16.3. The first-order valence-electron chi connectivity index (χ1n) is 15.0. The minimum atomic E-state index is -0.165. The number of aliphatic hydroxyl groups is 2. The highest BCUT2D eigenvalue weighted by Crippen LogP contribution is 2.48. The minimum Gasteiger partial charge on any atom is -0.507 e. The molecule has 4 nitrogen and oxygen atoms in total. The maximum atomic E-state index is 11.1. The maximum Gasteiger partial charge on any atom is 0.124 e. The minimum absolute atomic E-state index is 0.127. The average Bonchev–Trinajstić information content (AvgIpc) is 2.96. The summed E-state index contributed by atoms with van der Waals surface area (Å²) in [6.45, 7) is -0.330. The van der Waals surface area contributed by atoms with Crippen LogP contribution in [0.5, 0.6) is 11.5 Å². The van der Waals surface area contributed by atoms with Crippen LogP contribution in [0, 0.1) is 5.92 Å². The molecule has 2 aromatic rings. The van der Waals surface area contributed by atoms with Gasteiger partial charge in [-0.2, -0.15) is 0 Å². The number of benzene rings is 2. The van der Waals surface area contributed by atoms with Gasteiger partial charge in [0.2, 0.25) is 0 Å². The molecule has 4 heteroatoms. The molecule has 202 valence electrons. The molecule has 0 heterocycles. The van der Waals surface area contributed by atoms with Gasteiger partial charge in [0, 0.05) is 17.0 Å². The zero-order valence-electron chi connectivity index (χ0n) is 22.4. The number of hydrogen-bond acceptors (Lipinski definition) is 4. The quantitative estimate of drug-likeness (QED) is 0.308. The van der Waals surface area contributed by atoms with Crippen LogP contribution in [0.2, 0.25) is 0 Å². The largest absolute Gasteiger partial charge is 0.507 e. The average molecular weight is 507 g/mol. The van der Waals surface area contributed by atoms with Crippen LogP contribution < -0.4 is 0 Å². The van der Waals surface area contributed by atoms with Crippen molar-refractivity contribution in [3.05, 3.63) is 57.6 Å². The van der Waals surface area contributed by atoms with E-state index in [1.54, 1.807) is 0 Å². The smallest absolute Gasteiger partial charge is 0.124 e. The van der Waals surface area contributed by atoms with Gasteiger partial charge in [0.25, 0.3) is 0 Å². The monoisotopic (exact) mass is 506 g/mol. The molecule has 0 bridgehead atoms. The fraction of sp³-hybridized carbons (Fsp3) is 0.636. The van der Waals surface area contributed by atoms with Crippen LogP contribution in [0.4, 0.5) is 0 Å². The van der Waals surface area contributed by atoms with Crippen LogP contribution in [0.1, 0.15) is 147 Å². The first-order valence-corrected chi connectivity index (χ1v) is 15.0. The Balaban J connectivity index is 1.64. The predicted octanol–water partition coefficient (Wildman–Crippen LogP) is 7.89. The first kappa shape index (κ1) is 26.6. The molecule has 3 aliphatic rings. The van der Waals surface area contributed by atoms with E-state index < -0.39 is 0 Å². The van der Waals surface area contributed by atoms with E-state index in [0.717, 1.165) is 49.7 Å². The van der Waals surface area contributed by atoms with Crippen molar-refractivity contribution >= 4 is 0 Å². The van der Waals surface area contributed by atoms with Gasteiger partial charge in [0.15, 0.2) is 0 Å². The van der Waals surface area contributed by atoms with Crippen LogP contribution in [-0.2, 0) is 13.2 Å². The molecule has 0 atom stereocenters. The normalized spacial score (nSPS) is 20.5. The fourth-order valence-electron chi connectivity index (χ4n) is 7.74. The number of rotatable bonds is 7. The van der Waals surface area contributed by atoms with Gasteiger partial charge in [0.1, 0.15) is 11.5 Å². The Morgan fingerprint density at radius 3 is 1.30 bits per heavy atom. The van der Waals surface area contributed by atoms with Crippen LogP contribution >= 0.6 is 0 Å². The van der Waals surface area contributed by atoms with Gasteiger partial charge < -0.3 is 20.4 Å². The summed E-state index contributed by atoms with van der Waals surface area (Å²) < 4.78 is 0. The second-order valence-corrected chi connectivity index (χ2v) is 12.1. The van der Waals surface area contributed by atoms with Crippen LogP contribution in [-0.4, -0.2) is 20.4 Å². The van der Waals surface area contributed by atoms with E-state index in [1.807, 2.05) is 12.1 Å². The summed E-state index contributed by atoms with van der Waals surface area (Å²) in [6.07, 6.45) is 17.7. The molecule has 0 amide bonds. The third kappa shape index (κ3) is 5.71. The summed E-state index contributed by atoms with van der Waals surface area (Å²) in [6, 6.07) is 8.56. The summed E-state index contributed by atoms with van der Waals surface area (Å²) >= 11 is 0. The van der Waals surface area contributed by atoms with Crippen molar-refractivity contribution in [2.45, 2.75) is 127 Å². The predicted molar refractivity (Wildman–Crippen MR) is 148 cm³/mol. The van der Waals surface area contributed by atoms with Crippen molar-refractivity contribution in [1.82, 2.24) is 0 Å². The van der Waals surface area contributed by atoms with Crippen molar-refractivity contribution in [3.63, 3.8) is 0 Å². The lowest BCUT2D eigenvalue weighted by atomic mass is 9.71. The zero-order valence-corrected chi connectivity index (χ0v) is 22.4. The summed E-state index contributed by atoms with van der Waals surface area (Å²) in [5.74, 6) is 1.85. The second-order valence-electron chi connectivity index (χ2n) is 12.1. The van der Waals surface area contributed by atoms with E-state index in [1.165, 1.54) is 68.9 Å². The van der Waals surface area contributed by atoms with Gasteiger partial charge in [-0.15, -0.1) is 0 Å².